The molecule has 3 aromatic carbocycles. The van der Waals surface area contributed by atoms with E-state index in [0.717, 1.165) is 38.0 Å². The molecule has 0 radical (unpaired) electrons. The largest absolute Gasteiger partial charge is 0.550 e. The average Bonchev–Trinajstić information content (AvgIpc) is 2.96. The minimum Gasteiger partial charge on any atom is -0.550 e. The molecule has 0 amide bonds. The first-order valence-electron chi connectivity index (χ1n) is 12.6. The maximum atomic E-state index is 11.1. The molecule has 0 aromatic heterocycles. The maximum Gasteiger partial charge on any atom is 0.0920 e. The molecule has 1 aliphatic heterocycles. The normalized spacial score (nSPS) is 13.9. The smallest absolute Gasteiger partial charge is 0.0920 e. The number of hydrogen-bond donors (Lipinski definition) is 1. The molecule has 0 spiro atoms. The zero-order valence-electron chi connectivity index (χ0n) is 21.8. The number of carbonyl (C=O) groups is 3. The Balaban J connectivity index is 0.000000412. The van der Waals surface area contributed by atoms with Crippen molar-refractivity contribution in [3.63, 3.8) is 0 Å². The van der Waals surface area contributed by atoms with Gasteiger partial charge >= 0.3 is 0 Å². The van der Waals surface area contributed by atoms with Gasteiger partial charge in [0.2, 0.25) is 0 Å². The third kappa shape index (κ3) is 10.6. The van der Waals surface area contributed by atoms with E-state index >= 15 is 0 Å². The summed E-state index contributed by atoms with van der Waals surface area (Å²) < 4.78 is 0. The summed E-state index contributed by atoms with van der Waals surface area (Å²) in [5.41, 5.74) is 4.10. The van der Waals surface area contributed by atoms with Crippen molar-refractivity contribution >= 4 is 23.5 Å². The van der Waals surface area contributed by atoms with Crippen molar-refractivity contribution < 1.29 is 34.8 Å². The Hall–Kier alpha value is -4.27. The minimum absolute atomic E-state index is 0.111. The zero-order valence-corrected chi connectivity index (χ0v) is 21.8. The van der Waals surface area contributed by atoms with Gasteiger partial charge in [-0.2, -0.15) is 0 Å². The second kappa shape index (κ2) is 15.9. The molecule has 8 heteroatoms. The highest BCUT2D eigenvalue weighted by Gasteiger charge is 2.33. The van der Waals surface area contributed by atoms with Crippen LogP contribution in [0.4, 0.5) is 0 Å². The first-order chi connectivity index (χ1) is 18.7. The Labute approximate surface area is 228 Å². The molecule has 39 heavy (non-hydrogen) atoms. The lowest BCUT2D eigenvalue weighted by atomic mass is 9.84. The van der Waals surface area contributed by atoms with E-state index in [9.17, 15) is 15.0 Å². The lowest BCUT2D eigenvalue weighted by Gasteiger charge is -2.38. The average molecular weight is 531 g/mol. The number of carboxylic acid groups (broad SMARTS) is 3. The van der Waals surface area contributed by atoms with Gasteiger partial charge < -0.3 is 34.8 Å². The molecule has 3 aromatic rings. The predicted octanol–water partition coefficient (Wildman–Crippen LogP) is 0.734. The number of likely N-dealkylation sites (tertiary alicyclic amines) is 1. The van der Waals surface area contributed by atoms with Gasteiger partial charge in [0.15, 0.2) is 0 Å². The highest BCUT2D eigenvalue weighted by molar-refractivity contribution is 6.25. The molecular weight excluding hydrogens is 498 g/mol. The van der Waals surface area contributed by atoms with E-state index < -0.39 is 23.5 Å². The number of benzene rings is 3. The van der Waals surface area contributed by atoms with Gasteiger partial charge in [-0.3, -0.25) is 4.90 Å². The summed E-state index contributed by atoms with van der Waals surface area (Å²) in [5.74, 6) is -5.37. The van der Waals surface area contributed by atoms with Crippen molar-refractivity contribution in [1.82, 2.24) is 4.90 Å². The van der Waals surface area contributed by atoms with Crippen LogP contribution in [0.15, 0.2) is 97.1 Å². The van der Waals surface area contributed by atoms with Crippen molar-refractivity contribution in [2.45, 2.75) is 31.8 Å². The highest BCUT2D eigenvalue weighted by atomic mass is 16.4. The summed E-state index contributed by atoms with van der Waals surface area (Å²) >= 11 is 0. The van der Waals surface area contributed by atoms with Crippen molar-refractivity contribution in [2.24, 2.45) is 0 Å². The fourth-order valence-corrected chi connectivity index (χ4v) is 4.00. The molecule has 0 unspecified atom stereocenters. The van der Waals surface area contributed by atoms with Crippen LogP contribution in [-0.4, -0.2) is 47.5 Å². The minimum atomic E-state index is -2.19. The third-order valence-electron chi connectivity index (χ3n) is 6.17. The molecule has 1 aliphatic rings. The Morgan fingerprint density at radius 1 is 0.769 bits per heavy atom. The van der Waals surface area contributed by atoms with Crippen LogP contribution in [0.1, 0.15) is 42.9 Å². The third-order valence-corrected chi connectivity index (χ3v) is 6.17. The lowest BCUT2D eigenvalue weighted by molar-refractivity contribution is -0.345. The van der Waals surface area contributed by atoms with E-state index in [1.807, 2.05) is 30.3 Å². The Morgan fingerprint density at radius 3 is 1.51 bits per heavy atom. The number of aliphatic carboxylic acids is 3. The van der Waals surface area contributed by atoms with Crippen LogP contribution >= 0.6 is 0 Å². The molecular formula is C31H32NO7-3. The molecule has 1 saturated heterocycles. The molecule has 1 heterocycles. The van der Waals surface area contributed by atoms with E-state index in [1.54, 1.807) is 0 Å². The number of hydrogen-bond acceptors (Lipinski definition) is 8. The summed E-state index contributed by atoms with van der Waals surface area (Å²) in [6.07, 6.45) is 3.99. The van der Waals surface area contributed by atoms with Gasteiger partial charge in [-0.1, -0.05) is 104 Å². The first-order valence-corrected chi connectivity index (χ1v) is 12.6. The molecule has 4 rings (SSSR count). The monoisotopic (exact) mass is 530 g/mol. The first kappa shape index (κ1) is 31.0. The van der Waals surface area contributed by atoms with Gasteiger partial charge in [0.1, 0.15) is 0 Å². The fraction of sp³-hybridized carbons (Fsp3) is 0.258. The van der Waals surface area contributed by atoms with E-state index in [0.29, 0.717) is 0 Å². The standard InChI is InChI=1S/C26H27NO.C3H6O2.C2H2O4/c28-26(24-14-8-3-9-15-24)17-20-27(21-18-26)19-16-25(22-10-4-1-5-11-22)23-12-6-2-7-13-23;1-2-3(4)5;3-1(4)2(5)6/h1-16,28H,17-21H2;2H2,1H3,(H,4,5);(H,3,4)(H,5,6)/p-3. The topological polar surface area (TPSA) is 144 Å². The van der Waals surface area contributed by atoms with Crippen LogP contribution in [-0.2, 0) is 20.0 Å². The zero-order chi connectivity index (χ0) is 28.7. The summed E-state index contributed by atoms with van der Waals surface area (Å²) in [5, 5.41) is 38.2. The fourth-order valence-electron chi connectivity index (χ4n) is 4.00. The van der Waals surface area contributed by atoms with Gasteiger partial charge in [0, 0.05) is 25.6 Å². The Kier molecular flexibility index (Phi) is 12.6. The summed E-state index contributed by atoms with van der Waals surface area (Å²) in [4.78, 5) is 29.5. The molecule has 0 bridgehead atoms. The van der Waals surface area contributed by atoms with E-state index in [4.69, 9.17) is 19.8 Å². The van der Waals surface area contributed by atoms with Crippen LogP contribution in [0, 0.1) is 0 Å². The number of aliphatic hydroxyl groups is 1. The van der Waals surface area contributed by atoms with Crippen LogP contribution in [0.3, 0.4) is 0 Å². The van der Waals surface area contributed by atoms with Gasteiger partial charge in [-0.15, -0.1) is 0 Å². The molecule has 1 N–H and O–H groups in total. The molecule has 1 fully saturated rings. The molecule has 0 atom stereocenters. The van der Waals surface area contributed by atoms with E-state index in [2.05, 4.69) is 71.6 Å². The van der Waals surface area contributed by atoms with Crippen LogP contribution < -0.4 is 15.3 Å². The summed E-state index contributed by atoms with van der Waals surface area (Å²) in [6, 6.07) is 31.3. The van der Waals surface area contributed by atoms with Crippen molar-refractivity contribution in [3.8, 4) is 0 Å². The second-order valence-corrected chi connectivity index (χ2v) is 8.85. The van der Waals surface area contributed by atoms with Gasteiger partial charge in [0.05, 0.1) is 17.5 Å². The number of rotatable bonds is 6. The van der Waals surface area contributed by atoms with Crippen LogP contribution in [0.2, 0.25) is 0 Å². The highest BCUT2D eigenvalue weighted by Crippen LogP contribution is 2.33. The predicted molar refractivity (Wildman–Crippen MR) is 141 cm³/mol. The Morgan fingerprint density at radius 2 is 1.15 bits per heavy atom. The van der Waals surface area contributed by atoms with Crippen LogP contribution in [0.25, 0.3) is 5.57 Å². The van der Waals surface area contributed by atoms with Gasteiger partial charge in [-0.25, -0.2) is 0 Å². The molecule has 0 saturated carbocycles. The lowest BCUT2D eigenvalue weighted by Crippen LogP contribution is -2.42. The maximum absolute atomic E-state index is 11.1. The molecule has 0 aliphatic carbocycles. The number of carbonyl (C=O) groups excluding carboxylic acids is 3. The van der Waals surface area contributed by atoms with Gasteiger partial charge in [0.25, 0.3) is 0 Å². The quantitative estimate of drug-likeness (QED) is 0.460. The molecule has 8 nitrogen and oxygen atoms in total. The van der Waals surface area contributed by atoms with Gasteiger partial charge in [-0.05, 0) is 41.5 Å². The SMILES string of the molecule is CCC(=O)[O-].O=C([O-])C(=O)[O-].OC1(c2ccccc2)CCN(CC=C(c2ccccc2)c2ccccc2)CC1. The van der Waals surface area contributed by atoms with Crippen molar-refractivity contribution in [3.05, 3.63) is 114 Å². The van der Waals surface area contributed by atoms with Crippen LogP contribution in [0.5, 0.6) is 0 Å². The second-order valence-electron chi connectivity index (χ2n) is 8.85. The van der Waals surface area contributed by atoms with E-state index in [1.165, 1.54) is 23.6 Å². The van der Waals surface area contributed by atoms with E-state index in [-0.39, 0.29) is 6.42 Å². The van der Waals surface area contributed by atoms with Crippen molar-refractivity contribution in [1.29, 1.82) is 0 Å². The van der Waals surface area contributed by atoms with Crippen molar-refractivity contribution in [2.75, 3.05) is 19.6 Å². The number of carboxylic acids is 3. The summed E-state index contributed by atoms with van der Waals surface area (Å²) in [7, 11) is 0. The summed E-state index contributed by atoms with van der Waals surface area (Å²) in [6.45, 7) is 4.23. The number of nitrogens with zero attached hydrogens (tertiary/aromatic N) is 1. The molecule has 206 valence electrons. The number of piperidine rings is 1. The Bertz CT molecular complexity index is 1150.